The molecule has 1 fully saturated rings. The molecule has 0 saturated carbocycles. The van der Waals surface area contributed by atoms with E-state index in [2.05, 4.69) is 18.7 Å². The van der Waals surface area contributed by atoms with Gasteiger partial charge in [0.25, 0.3) is 5.91 Å². The molecule has 43 heavy (non-hydrogen) atoms. The van der Waals surface area contributed by atoms with Crippen LogP contribution in [0, 0.1) is 5.92 Å². The van der Waals surface area contributed by atoms with Gasteiger partial charge in [-0.2, -0.15) is 0 Å². The van der Waals surface area contributed by atoms with Gasteiger partial charge in [-0.1, -0.05) is 32.0 Å². The number of hydrogen-bond acceptors (Lipinski definition) is 9. The van der Waals surface area contributed by atoms with Crippen LogP contribution in [0.5, 0.6) is 17.2 Å². The second-order valence-electron chi connectivity index (χ2n) is 11.2. The van der Waals surface area contributed by atoms with Crippen LogP contribution in [0.1, 0.15) is 48.8 Å². The highest BCUT2D eigenvalue weighted by Gasteiger charge is 2.44. The van der Waals surface area contributed by atoms with E-state index in [1.165, 1.54) is 7.11 Å². The summed E-state index contributed by atoms with van der Waals surface area (Å²) in [4.78, 5) is 31.4. The van der Waals surface area contributed by atoms with Crippen molar-refractivity contribution >= 4 is 22.7 Å². The van der Waals surface area contributed by atoms with Crippen molar-refractivity contribution in [1.29, 1.82) is 0 Å². The van der Waals surface area contributed by atoms with Crippen molar-refractivity contribution < 1.29 is 38.1 Å². The molecule has 5 rings (SSSR count). The second-order valence-corrected chi connectivity index (χ2v) is 11.2. The molecule has 0 aliphatic carbocycles. The number of aliphatic hydroxyl groups is 1. The van der Waals surface area contributed by atoms with Crippen molar-refractivity contribution in [3.8, 4) is 17.2 Å². The summed E-state index contributed by atoms with van der Waals surface area (Å²) >= 11 is 0. The number of nitrogens with zero attached hydrogens (tertiary/aromatic N) is 2. The Bertz CT molecular complexity index is 1490. The maximum Gasteiger partial charge on any atom is 0.290 e. The minimum Gasteiger partial charge on any atom is -0.503 e. The molecule has 0 spiro atoms. The average molecular weight is 593 g/mol. The summed E-state index contributed by atoms with van der Waals surface area (Å²) in [5.74, 6) is 0.284. The van der Waals surface area contributed by atoms with E-state index >= 15 is 0 Å². The summed E-state index contributed by atoms with van der Waals surface area (Å²) in [6, 6.07) is 11.5. The Hall–Kier alpha value is -4.02. The number of amides is 1. The van der Waals surface area contributed by atoms with Gasteiger partial charge in [0, 0.05) is 31.6 Å². The molecule has 10 heteroatoms. The summed E-state index contributed by atoms with van der Waals surface area (Å²) in [6.45, 7) is 8.91. The van der Waals surface area contributed by atoms with Crippen molar-refractivity contribution in [2.24, 2.45) is 5.92 Å². The van der Waals surface area contributed by atoms with Gasteiger partial charge in [-0.25, -0.2) is 0 Å². The van der Waals surface area contributed by atoms with E-state index in [9.17, 15) is 14.7 Å². The molecule has 1 N–H and O–H groups in total. The molecular formula is C33H40N2O8. The normalized spacial score (nSPS) is 17.7. The molecule has 1 unspecified atom stereocenters. The smallest absolute Gasteiger partial charge is 0.290 e. The first-order chi connectivity index (χ1) is 20.8. The predicted octanol–water partition coefficient (Wildman–Crippen LogP) is 5.18. The Labute approximate surface area is 251 Å². The molecule has 2 aromatic carbocycles. The van der Waals surface area contributed by atoms with Crippen LogP contribution in [0.2, 0.25) is 0 Å². The Morgan fingerprint density at radius 3 is 2.51 bits per heavy atom. The zero-order chi connectivity index (χ0) is 30.5. The highest BCUT2D eigenvalue weighted by Crippen LogP contribution is 2.42. The van der Waals surface area contributed by atoms with Crippen LogP contribution in [0.4, 0.5) is 0 Å². The van der Waals surface area contributed by atoms with E-state index in [1.807, 2.05) is 12.1 Å². The van der Waals surface area contributed by atoms with Crippen LogP contribution in [-0.4, -0.2) is 86.8 Å². The van der Waals surface area contributed by atoms with Gasteiger partial charge >= 0.3 is 0 Å². The summed E-state index contributed by atoms with van der Waals surface area (Å²) < 4.78 is 28.4. The summed E-state index contributed by atoms with van der Waals surface area (Å²) in [7, 11) is 3.08. The Morgan fingerprint density at radius 1 is 1.02 bits per heavy atom. The largest absolute Gasteiger partial charge is 0.503 e. The first-order valence-corrected chi connectivity index (χ1v) is 14.8. The van der Waals surface area contributed by atoms with Crippen molar-refractivity contribution in [3.63, 3.8) is 0 Å². The van der Waals surface area contributed by atoms with E-state index in [-0.39, 0.29) is 11.3 Å². The van der Waals surface area contributed by atoms with Crippen LogP contribution in [0.15, 0.2) is 58.2 Å². The second kappa shape index (κ2) is 13.5. The van der Waals surface area contributed by atoms with Crippen molar-refractivity contribution in [3.05, 3.63) is 65.1 Å². The zero-order valence-electron chi connectivity index (χ0n) is 25.3. The summed E-state index contributed by atoms with van der Waals surface area (Å²) in [5.41, 5.74) is 1.00. The Balaban J connectivity index is 1.48. The van der Waals surface area contributed by atoms with Gasteiger partial charge in [0.15, 0.2) is 34.4 Å². The molecular weight excluding hydrogens is 552 g/mol. The van der Waals surface area contributed by atoms with E-state index in [0.717, 1.165) is 26.1 Å². The quantitative estimate of drug-likeness (QED) is 0.269. The van der Waals surface area contributed by atoms with Crippen LogP contribution in [0.25, 0.3) is 11.0 Å². The third-order valence-electron chi connectivity index (χ3n) is 7.93. The molecule has 1 saturated heterocycles. The lowest BCUT2D eigenvalue weighted by Crippen LogP contribution is -2.39. The lowest BCUT2D eigenvalue weighted by molar-refractivity contribution is -0.129. The lowest BCUT2D eigenvalue weighted by atomic mass is 9.94. The Kier molecular flexibility index (Phi) is 9.57. The fourth-order valence-corrected chi connectivity index (χ4v) is 5.57. The average Bonchev–Trinajstić information content (AvgIpc) is 3.56. The number of ketones is 1. The van der Waals surface area contributed by atoms with Crippen LogP contribution in [-0.2, 0) is 9.53 Å². The van der Waals surface area contributed by atoms with Gasteiger partial charge in [-0.3, -0.25) is 14.5 Å². The lowest BCUT2D eigenvalue weighted by Gasteiger charge is -2.30. The number of para-hydroxylation sites is 1. The van der Waals surface area contributed by atoms with E-state index in [4.69, 9.17) is 23.4 Å². The molecule has 3 aromatic rings. The molecule has 1 atom stereocenters. The van der Waals surface area contributed by atoms with Gasteiger partial charge in [0.05, 0.1) is 45.7 Å². The fraction of sp³-hybridized carbons (Fsp3) is 0.455. The third-order valence-corrected chi connectivity index (χ3v) is 7.93. The number of fused-ring (bicyclic) bond motifs is 1. The number of methoxy groups -OCH3 is 2. The first-order valence-electron chi connectivity index (χ1n) is 14.8. The number of carbonyl (C=O) groups excluding carboxylic acids is 2. The standard InChI is InChI=1S/C33H40N2O8/c1-21(2)11-16-42-24-10-9-22(19-26(24)40-4)29-28(30(36)27-20-23-7-5-8-25(39-3)32(23)43-27)31(37)33(38)35(29)13-6-12-34-14-17-41-18-15-34/h5,7-10,19-21,29,37H,6,11-18H2,1-4H3. The fourth-order valence-electron chi connectivity index (χ4n) is 5.57. The number of carbonyl (C=O) groups is 2. The molecule has 3 heterocycles. The maximum atomic E-state index is 14.0. The van der Waals surface area contributed by atoms with Crippen LogP contribution < -0.4 is 14.2 Å². The van der Waals surface area contributed by atoms with Gasteiger partial charge in [-0.05, 0) is 48.6 Å². The monoisotopic (exact) mass is 592 g/mol. The van der Waals surface area contributed by atoms with Crippen molar-refractivity contribution in [2.75, 3.05) is 60.2 Å². The number of morpholine rings is 1. The van der Waals surface area contributed by atoms with E-state index in [0.29, 0.717) is 72.5 Å². The number of furan rings is 1. The topological polar surface area (TPSA) is 111 Å². The van der Waals surface area contributed by atoms with Gasteiger partial charge < -0.3 is 33.4 Å². The van der Waals surface area contributed by atoms with Gasteiger partial charge in [0.2, 0.25) is 5.78 Å². The van der Waals surface area contributed by atoms with Crippen molar-refractivity contribution in [2.45, 2.75) is 32.7 Å². The molecule has 2 aliphatic rings. The van der Waals surface area contributed by atoms with E-state index in [1.54, 1.807) is 42.3 Å². The molecule has 2 aliphatic heterocycles. The number of benzene rings is 2. The minimum absolute atomic E-state index is 0.00891. The maximum absolute atomic E-state index is 14.0. The SMILES string of the molecule is COc1cc(C2C(C(=O)c3cc4cccc(OC)c4o3)=C(O)C(=O)N2CCCN2CCOCC2)ccc1OCCC(C)C. The highest BCUT2D eigenvalue weighted by atomic mass is 16.5. The van der Waals surface area contributed by atoms with Crippen molar-refractivity contribution in [1.82, 2.24) is 9.80 Å². The number of Topliss-reactive ketones (excluding diaryl/α,β-unsaturated/α-hetero) is 1. The number of hydrogen-bond donors (Lipinski definition) is 1. The highest BCUT2D eigenvalue weighted by molar-refractivity contribution is 6.16. The first kappa shape index (κ1) is 30.4. The zero-order valence-corrected chi connectivity index (χ0v) is 25.3. The van der Waals surface area contributed by atoms with Gasteiger partial charge in [0.1, 0.15) is 0 Å². The predicted molar refractivity (Wildman–Crippen MR) is 161 cm³/mol. The molecule has 0 bridgehead atoms. The number of ether oxygens (including phenoxy) is 4. The minimum atomic E-state index is -0.849. The van der Waals surface area contributed by atoms with Crippen LogP contribution in [0.3, 0.4) is 0 Å². The molecule has 10 nitrogen and oxygen atoms in total. The molecule has 1 aromatic heterocycles. The number of rotatable bonds is 13. The summed E-state index contributed by atoms with van der Waals surface area (Å²) in [5, 5.41) is 11.9. The van der Waals surface area contributed by atoms with E-state index < -0.39 is 23.5 Å². The summed E-state index contributed by atoms with van der Waals surface area (Å²) in [6.07, 6.45) is 1.54. The molecule has 1 amide bonds. The molecule has 0 radical (unpaired) electrons. The number of aliphatic hydroxyl groups excluding tert-OH is 1. The third kappa shape index (κ3) is 6.50. The van der Waals surface area contributed by atoms with Gasteiger partial charge in [-0.15, -0.1) is 0 Å². The molecule has 230 valence electrons. The Morgan fingerprint density at radius 2 is 1.79 bits per heavy atom. The van der Waals surface area contributed by atoms with Crippen LogP contribution >= 0.6 is 0 Å².